The van der Waals surface area contributed by atoms with Crippen molar-refractivity contribution in [2.24, 2.45) is 0 Å². The van der Waals surface area contributed by atoms with Crippen molar-refractivity contribution < 1.29 is 10.3 Å². The summed E-state index contributed by atoms with van der Waals surface area (Å²) < 4.78 is 0.825. The third kappa shape index (κ3) is 4.88. The average molecular weight is 484 g/mol. The molecule has 30 heavy (non-hydrogen) atoms. The molecule has 152 valence electrons. The van der Waals surface area contributed by atoms with Gasteiger partial charge in [0.05, 0.1) is 5.69 Å². The second kappa shape index (κ2) is 9.12. The van der Waals surface area contributed by atoms with Crippen molar-refractivity contribution >= 4 is 55.9 Å². The largest absolute Gasteiger partial charge is 0.412 e. The molecular weight excluding hydrogens is 466 g/mol. The second-order valence-corrected chi connectivity index (χ2v) is 7.77. The standard InChI is InChI=1S/C21H16BrN5OS.H2O/c1-13-5-8-17(9-6-13)27-25-18-10-7-16(12-19(18)26-27)23-21(29)24-20(28)14-3-2-4-15(22)11-14;/h2-12H,1H3,(H2,23,24,28,29);1H2. The molecule has 7 nitrogen and oxygen atoms in total. The molecule has 0 aliphatic carbocycles. The van der Waals surface area contributed by atoms with Gasteiger partial charge in [0.2, 0.25) is 0 Å². The Morgan fingerprint density at radius 2 is 1.73 bits per heavy atom. The molecule has 0 saturated heterocycles. The second-order valence-electron chi connectivity index (χ2n) is 6.45. The molecule has 0 bridgehead atoms. The van der Waals surface area contributed by atoms with Crippen LogP contribution in [0.2, 0.25) is 0 Å². The fourth-order valence-electron chi connectivity index (χ4n) is 2.75. The minimum Gasteiger partial charge on any atom is -0.412 e. The maximum absolute atomic E-state index is 12.3. The summed E-state index contributed by atoms with van der Waals surface area (Å²) in [6, 6.07) is 20.6. The minimum atomic E-state index is -0.282. The lowest BCUT2D eigenvalue weighted by atomic mass is 10.2. The van der Waals surface area contributed by atoms with Gasteiger partial charge in [0, 0.05) is 15.7 Å². The fraction of sp³-hybridized carbons (Fsp3) is 0.0476. The molecule has 0 atom stereocenters. The molecule has 4 rings (SSSR count). The molecule has 4 aromatic rings. The smallest absolute Gasteiger partial charge is 0.257 e. The van der Waals surface area contributed by atoms with E-state index in [2.05, 4.69) is 36.8 Å². The number of hydrogen-bond donors (Lipinski definition) is 2. The van der Waals surface area contributed by atoms with Crippen molar-refractivity contribution in [1.29, 1.82) is 0 Å². The molecule has 0 fully saturated rings. The zero-order valence-corrected chi connectivity index (χ0v) is 18.3. The molecule has 0 spiro atoms. The van der Waals surface area contributed by atoms with Gasteiger partial charge in [-0.05, 0) is 67.7 Å². The van der Waals surface area contributed by atoms with Crippen LogP contribution in [0.25, 0.3) is 16.7 Å². The summed E-state index contributed by atoms with van der Waals surface area (Å²) in [6.07, 6.45) is 0. The summed E-state index contributed by atoms with van der Waals surface area (Å²) in [4.78, 5) is 13.9. The van der Waals surface area contributed by atoms with Crippen LogP contribution < -0.4 is 10.6 Å². The summed E-state index contributed by atoms with van der Waals surface area (Å²) in [5, 5.41) is 14.9. The van der Waals surface area contributed by atoms with Crippen molar-refractivity contribution in [2.45, 2.75) is 6.92 Å². The lowest BCUT2D eigenvalue weighted by Gasteiger charge is -2.09. The van der Waals surface area contributed by atoms with Crippen LogP contribution in [0.4, 0.5) is 5.69 Å². The highest BCUT2D eigenvalue weighted by Gasteiger charge is 2.10. The molecule has 0 radical (unpaired) electrons. The number of thiocarbonyl (C=S) groups is 1. The van der Waals surface area contributed by atoms with Crippen LogP contribution in [0.15, 0.2) is 71.2 Å². The van der Waals surface area contributed by atoms with Gasteiger partial charge < -0.3 is 10.8 Å². The number of amides is 1. The number of carbonyl (C=O) groups is 1. The summed E-state index contributed by atoms with van der Waals surface area (Å²) in [6.45, 7) is 2.03. The van der Waals surface area contributed by atoms with Gasteiger partial charge in [0.25, 0.3) is 5.91 Å². The minimum absolute atomic E-state index is 0. The van der Waals surface area contributed by atoms with E-state index >= 15 is 0 Å². The number of halogens is 1. The number of anilines is 1. The first-order valence-corrected chi connectivity index (χ1v) is 10.0. The number of fused-ring (bicyclic) bond motifs is 1. The number of hydrogen-bond acceptors (Lipinski definition) is 4. The highest BCUT2D eigenvalue weighted by Crippen LogP contribution is 2.18. The van der Waals surface area contributed by atoms with Crippen LogP contribution in [0.5, 0.6) is 0 Å². The van der Waals surface area contributed by atoms with E-state index in [0.29, 0.717) is 11.3 Å². The Morgan fingerprint density at radius 3 is 2.47 bits per heavy atom. The molecule has 0 unspecified atom stereocenters. The van der Waals surface area contributed by atoms with Crippen LogP contribution in [0.1, 0.15) is 15.9 Å². The predicted octanol–water partition coefficient (Wildman–Crippen LogP) is 3.79. The van der Waals surface area contributed by atoms with Crippen LogP contribution in [0, 0.1) is 6.92 Å². The zero-order valence-electron chi connectivity index (χ0n) is 15.9. The van der Waals surface area contributed by atoms with Gasteiger partial charge >= 0.3 is 0 Å². The highest BCUT2D eigenvalue weighted by atomic mass is 79.9. The molecule has 4 N–H and O–H groups in total. The summed E-state index contributed by atoms with van der Waals surface area (Å²) in [5.74, 6) is -0.282. The third-order valence-corrected chi connectivity index (χ3v) is 4.91. The van der Waals surface area contributed by atoms with Crippen LogP contribution in [-0.2, 0) is 0 Å². The topological polar surface area (TPSA) is 103 Å². The van der Waals surface area contributed by atoms with Crippen molar-refractivity contribution in [3.8, 4) is 5.69 Å². The van der Waals surface area contributed by atoms with E-state index < -0.39 is 0 Å². The van der Waals surface area contributed by atoms with Crippen molar-refractivity contribution in [3.05, 3.63) is 82.3 Å². The van der Waals surface area contributed by atoms with E-state index in [1.54, 1.807) is 23.0 Å². The van der Waals surface area contributed by atoms with Gasteiger partial charge in [-0.15, -0.1) is 10.2 Å². The number of benzene rings is 3. The Morgan fingerprint density at radius 1 is 1.00 bits per heavy atom. The van der Waals surface area contributed by atoms with Crippen LogP contribution >= 0.6 is 28.1 Å². The average Bonchev–Trinajstić information content (AvgIpc) is 3.11. The first-order valence-electron chi connectivity index (χ1n) is 8.80. The number of aromatic nitrogens is 3. The van der Waals surface area contributed by atoms with Crippen molar-refractivity contribution in [1.82, 2.24) is 20.3 Å². The Hall–Kier alpha value is -3.14. The lowest BCUT2D eigenvalue weighted by Crippen LogP contribution is -2.34. The number of carbonyl (C=O) groups excluding carboxylic acids is 1. The maximum Gasteiger partial charge on any atom is 0.257 e. The number of aryl methyl sites for hydroxylation is 1. The summed E-state index contributed by atoms with van der Waals surface area (Å²) in [7, 11) is 0. The van der Waals surface area contributed by atoms with Gasteiger partial charge in [-0.1, -0.05) is 39.7 Å². The maximum atomic E-state index is 12.3. The Bertz CT molecular complexity index is 1220. The Labute approximate surface area is 186 Å². The predicted molar refractivity (Wildman–Crippen MR) is 125 cm³/mol. The van der Waals surface area contributed by atoms with E-state index in [0.717, 1.165) is 21.2 Å². The van der Waals surface area contributed by atoms with E-state index in [1.165, 1.54) is 5.56 Å². The van der Waals surface area contributed by atoms with E-state index in [4.69, 9.17) is 12.2 Å². The number of nitrogens with one attached hydrogen (secondary N) is 2. The van der Waals surface area contributed by atoms with Gasteiger partial charge in [0.1, 0.15) is 11.0 Å². The monoisotopic (exact) mass is 483 g/mol. The van der Waals surface area contributed by atoms with Crippen molar-refractivity contribution in [3.63, 3.8) is 0 Å². The van der Waals surface area contributed by atoms with Crippen LogP contribution in [-0.4, -0.2) is 31.5 Å². The Balaban J connectivity index is 0.00000256. The fourth-order valence-corrected chi connectivity index (χ4v) is 3.36. The van der Waals surface area contributed by atoms with Gasteiger partial charge in [-0.2, -0.15) is 4.80 Å². The SMILES string of the molecule is Cc1ccc(-n2nc3ccc(NC(=S)NC(=O)c4cccc(Br)c4)cc3n2)cc1.O. The molecule has 9 heteroatoms. The summed E-state index contributed by atoms with van der Waals surface area (Å²) >= 11 is 8.62. The van der Waals surface area contributed by atoms with E-state index in [-0.39, 0.29) is 16.5 Å². The molecule has 1 amide bonds. The Kier molecular flexibility index (Phi) is 6.56. The molecule has 3 aromatic carbocycles. The lowest BCUT2D eigenvalue weighted by molar-refractivity contribution is 0.0977. The molecule has 0 saturated carbocycles. The quantitative estimate of drug-likeness (QED) is 0.431. The summed E-state index contributed by atoms with van der Waals surface area (Å²) in [5.41, 5.74) is 4.78. The normalized spacial score (nSPS) is 10.3. The van der Waals surface area contributed by atoms with E-state index in [9.17, 15) is 4.79 Å². The molecule has 0 aliphatic heterocycles. The first-order chi connectivity index (χ1) is 14.0. The van der Waals surface area contributed by atoms with Crippen LogP contribution in [0.3, 0.4) is 0 Å². The highest BCUT2D eigenvalue weighted by molar-refractivity contribution is 9.10. The first kappa shape index (κ1) is 21.6. The molecule has 1 heterocycles. The van der Waals surface area contributed by atoms with Gasteiger partial charge in [-0.25, -0.2) is 0 Å². The molecular formula is C21H18BrN5O2S. The number of rotatable bonds is 3. The molecule has 1 aromatic heterocycles. The third-order valence-electron chi connectivity index (χ3n) is 4.22. The zero-order chi connectivity index (χ0) is 20.4. The number of nitrogens with zero attached hydrogens (tertiary/aromatic N) is 3. The van der Waals surface area contributed by atoms with Crippen molar-refractivity contribution in [2.75, 3.05) is 5.32 Å². The van der Waals surface area contributed by atoms with Gasteiger partial charge in [-0.3, -0.25) is 10.1 Å². The van der Waals surface area contributed by atoms with Gasteiger partial charge in [0.15, 0.2) is 5.11 Å². The molecule has 0 aliphatic rings. The van der Waals surface area contributed by atoms with E-state index in [1.807, 2.05) is 55.5 Å².